The van der Waals surface area contributed by atoms with Gasteiger partial charge in [-0.1, -0.05) is 0 Å². The van der Waals surface area contributed by atoms with Crippen LogP contribution in [0.4, 0.5) is 0 Å². The van der Waals surface area contributed by atoms with Gasteiger partial charge in [0.05, 0.1) is 6.10 Å². The van der Waals surface area contributed by atoms with Crippen LogP contribution in [-0.2, 0) is 0 Å². The van der Waals surface area contributed by atoms with Crippen molar-refractivity contribution in [3.05, 3.63) is 10.1 Å². The summed E-state index contributed by atoms with van der Waals surface area (Å²) in [5.41, 5.74) is 0. The van der Waals surface area contributed by atoms with Crippen LogP contribution in [0.1, 0.15) is 33.1 Å². The topological polar surface area (TPSA) is 63.4 Å². The lowest BCUT2D eigenvalue weighted by molar-refractivity contribution is -0.519. The Morgan fingerprint density at radius 2 is 2.00 bits per heavy atom. The van der Waals surface area contributed by atoms with Crippen molar-refractivity contribution in [1.29, 1.82) is 0 Å². The van der Waals surface area contributed by atoms with Crippen molar-refractivity contribution < 1.29 is 10.0 Å². The maximum atomic E-state index is 10.1. The molecule has 0 radical (unpaired) electrons. The summed E-state index contributed by atoms with van der Waals surface area (Å²) in [6.07, 6.45) is 1.59. The molecule has 0 bridgehead atoms. The third-order valence-electron chi connectivity index (χ3n) is 1.60. The Hall–Kier alpha value is -0.640. The molecule has 0 aromatic carbocycles. The Bertz CT molecular complexity index is 125. The molecule has 66 valence electrons. The van der Waals surface area contributed by atoms with Gasteiger partial charge in [-0.2, -0.15) is 0 Å². The van der Waals surface area contributed by atoms with Gasteiger partial charge in [0, 0.05) is 18.3 Å². The molecular formula is C7H15NO3. The summed E-state index contributed by atoms with van der Waals surface area (Å²) in [6, 6.07) is -0.478. The fourth-order valence-corrected chi connectivity index (χ4v) is 0.814. The first kappa shape index (κ1) is 10.4. The lowest BCUT2D eigenvalue weighted by Crippen LogP contribution is -2.15. The smallest absolute Gasteiger partial charge is 0.210 e. The normalized spacial score (nSPS) is 15.9. The molecule has 0 saturated carbocycles. The summed E-state index contributed by atoms with van der Waals surface area (Å²) in [7, 11) is 0. The average molecular weight is 161 g/mol. The van der Waals surface area contributed by atoms with E-state index >= 15 is 0 Å². The fourth-order valence-electron chi connectivity index (χ4n) is 0.814. The average Bonchev–Trinajstić information content (AvgIpc) is 1.86. The summed E-state index contributed by atoms with van der Waals surface area (Å²) >= 11 is 0. The van der Waals surface area contributed by atoms with Gasteiger partial charge >= 0.3 is 0 Å². The summed E-state index contributed by atoms with van der Waals surface area (Å²) in [5.74, 6) is 0. The van der Waals surface area contributed by atoms with Gasteiger partial charge in [-0.05, 0) is 19.8 Å². The minimum atomic E-state index is -0.478. The molecule has 2 atom stereocenters. The number of hydrogen-bond acceptors (Lipinski definition) is 3. The van der Waals surface area contributed by atoms with Crippen LogP contribution in [0, 0.1) is 10.1 Å². The van der Waals surface area contributed by atoms with Gasteiger partial charge in [-0.25, -0.2) is 0 Å². The van der Waals surface area contributed by atoms with E-state index in [-0.39, 0.29) is 11.0 Å². The molecule has 0 aromatic rings. The molecule has 0 heterocycles. The molecule has 0 rings (SSSR count). The second-order valence-electron chi connectivity index (χ2n) is 2.91. The Morgan fingerprint density at radius 3 is 2.36 bits per heavy atom. The Labute approximate surface area is 66.4 Å². The summed E-state index contributed by atoms with van der Waals surface area (Å²) in [6.45, 7) is 3.28. The zero-order valence-electron chi connectivity index (χ0n) is 6.99. The number of rotatable bonds is 5. The van der Waals surface area contributed by atoms with Crippen LogP contribution in [0.5, 0.6) is 0 Å². The molecule has 11 heavy (non-hydrogen) atoms. The Morgan fingerprint density at radius 1 is 1.45 bits per heavy atom. The van der Waals surface area contributed by atoms with E-state index in [9.17, 15) is 10.1 Å². The maximum absolute atomic E-state index is 10.1. The number of aliphatic hydroxyl groups is 1. The molecule has 1 N–H and O–H groups in total. The first-order chi connectivity index (χ1) is 5.04. The molecule has 0 spiro atoms. The minimum Gasteiger partial charge on any atom is -0.393 e. The first-order valence-corrected chi connectivity index (χ1v) is 3.85. The van der Waals surface area contributed by atoms with Crippen LogP contribution >= 0.6 is 0 Å². The minimum absolute atomic E-state index is 0.290. The highest BCUT2D eigenvalue weighted by molar-refractivity contribution is 4.52. The lowest BCUT2D eigenvalue weighted by atomic mass is 10.1. The van der Waals surface area contributed by atoms with Gasteiger partial charge in [0.15, 0.2) is 0 Å². The van der Waals surface area contributed by atoms with Gasteiger partial charge < -0.3 is 5.11 Å². The molecule has 0 saturated heterocycles. The van der Waals surface area contributed by atoms with Crippen molar-refractivity contribution in [3.8, 4) is 0 Å². The SMILES string of the molecule is CC(O)CCCC(C)[N+](=O)[O-]. The van der Waals surface area contributed by atoms with Crippen molar-refractivity contribution in [3.63, 3.8) is 0 Å². The quantitative estimate of drug-likeness (QED) is 0.486. The Kier molecular flexibility index (Phi) is 4.77. The summed E-state index contributed by atoms with van der Waals surface area (Å²) in [5, 5.41) is 19.0. The number of nitro groups is 1. The highest BCUT2D eigenvalue weighted by Gasteiger charge is 2.11. The predicted molar refractivity (Wildman–Crippen MR) is 42.0 cm³/mol. The Balaban J connectivity index is 3.31. The van der Waals surface area contributed by atoms with Crippen LogP contribution in [0.2, 0.25) is 0 Å². The second kappa shape index (κ2) is 5.07. The zero-order chi connectivity index (χ0) is 8.85. The zero-order valence-corrected chi connectivity index (χ0v) is 6.99. The second-order valence-corrected chi connectivity index (χ2v) is 2.91. The van der Waals surface area contributed by atoms with Crippen molar-refractivity contribution in [2.45, 2.75) is 45.3 Å². The monoisotopic (exact) mass is 161 g/mol. The van der Waals surface area contributed by atoms with Crippen LogP contribution in [-0.4, -0.2) is 22.2 Å². The van der Waals surface area contributed by atoms with Gasteiger partial charge in [0.2, 0.25) is 6.04 Å². The molecular weight excluding hydrogens is 146 g/mol. The summed E-state index contributed by atoms with van der Waals surface area (Å²) < 4.78 is 0. The highest BCUT2D eigenvalue weighted by Crippen LogP contribution is 2.05. The molecule has 2 unspecified atom stereocenters. The van der Waals surface area contributed by atoms with Crippen molar-refractivity contribution in [1.82, 2.24) is 0 Å². The number of nitrogens with zero attached hydrogens (tertiary/aromatic N) is 1. The molecule has 4 nitrogen and oxygen atoms in total. The lowest BCUT2D eigenvalue weighted by Gasteiger charge is -2.04. The van der Waals surface area contributed by atoms with Crippen molar-refractivity contribution in [2.75, 3.05) is 0 Å². The molecule has 0 amide bonds. The van der Waals surface area contributed by atoms with Crippen LogP contribution in [0.3, 0.4) is 0 Å². The largest absolute Gasteiger partial charge is 0.393 e. The van der Waals surface area contributed by atoms with E-state index in [4.69, 9.17) is 5.11 Å². The third-order valence-corrected chi connectivity index (χ3v) is 1.60. The molecule has 4 heteroatoms. The predicted octanol–water partition coefficient (Wildman–Crippen LogP) is 1.20. The van der Waals surface area contributed by atoms with Crippen LogP contribution in [0.25, 0.3) is 0 Å². The molecule has 0 aliphatic carbocycles. The fraction of sp³-hybridized carbons (Fsp3) is 1.00. The van der Waals surface area contributed by atoms with Gasteiger partial charge in [-0.15, -0.1) is 0 Å². The van der Waals surface area contributed by atoms with E-state index in [1.54, 1.807) is 13.8 Å². The van der Waals surface area contributed by atoms with E-state index in [2.05, 4.69) is 0 Å². The van der Waals surface area contributed by atoms with Crippen LogP contribution < -0.4 is 0 Å². The van der Waals surface area contributed by atoms with Crippen molar-refractivity contribution in [2.24, 2.45) is 0 Å². The number of aliphatic hydroxyl groups excluding tert-OH is 1. The molecule has 0 fully saturated rings. The number of hydrogen-bond donors (Lipinski definition) is 1. The van der Waals surface area contributed by atoms with E-state index in [1.807, 2.05) is 0 Å². The van der Waals surface area contributed by atoms with E-state index in [0.717, 1.165) is 6.42 Å². The molecule has 0 aromatic heterocycles. The van der Waals surface area contributed by atoms with Gasteiger partial charge in [-0.3, -0.25) is 10.1 Å². The van der Waals surface area contributed by atoms with E-state index in [1.165, 1.54) is 0 Å². The summed E-state index contributed by atoms with van der Waals surface area (Å²) in [4.78, 5) is 9.83. The standard InChI is InChI=1S/C7H15NO3/c1-6(8(10)11)4-3-5-7(2)9/h6-7,9H,3-5H2,1-2H3. The van der Waals surface area contributed by atoms with E-state index in [0.29, 0.717) is 12.8 Å². The van der Waals surface area contributed by atoms with Crippen molar-refractivity contribution >= 4 is 0 Å². The maximum Gasteiger partial charge on any atom is 0.210 e. The van der Waals surface area contributed by atoms with Gasteiger partial charge in [0.1, 0.15) is 0 Å². The van der Waals surface area contributed by atoms with E-state index < -0.39 is 6.04 Å². The molecule has 0 aliphatic rings. The first-order valence-electron chi connectivity index (χ1n) is 3.85. The van der Waals surface area contributed by atoms with Crippen LogP contribution in [0.15, 0.2) is 0 Å². The van der Waals surface area contributed by atoms with Gasteiger partial charge in [0.25, 0.3) is 0 Å². The third kappa shape index (κ3) is 5.79. The molecule has 0 aliphatic heterocycles. The highest BCUT2D eigenvalue weighted by atomic mass is 16.6.